The van der Waals surface area contributed by atoms with Gasteiger partial charge in [-0.1, -0.05) is 6.58 Å². The number of unbranched alkanes of at least 4 members (excludes halogenated alkanes) is 3. The van der Waals surface area contributed by atoms with Gasteiger partial charge in [-0.25, -0.2) is 14.4 Å². The maximum absolute atomic E-state index is 12.7. The van der Waals surface area contributed by atoms with Crippen molar-refractivity contribution in [2.75, 3.05) is 33.5 Å². The molecular formula is C30H34O10. The first kappa shape index (κ1) is 29.1. The molecule has 214 valence electrons. The minimum atomic E-state index is -0.613. The molecule has 0 radical (unpaired) electrons. The molecule has 2 fully saturated rings. The van der Waals surface area contributed by atoms with Gasteiger partial charge in [-0.3, -0.25) is 0 Å². The van der Waals surface area contributed by atoms with Crippen LogP contribution in [0.4, 0.5) is 0 Å². The lowest BCUT2D eigenvalue weighted by Crippen LogP contribution is -2.36. The number of hydrogen-bond donors (Lipinski definition) is 0. The standard InChI is InChI=1S/C30H34O10/c1-3-26(31)36-17-7-5-4-6-16-35-23-14-10-21(11-15-23)30(33)40-25-19-38-27-24(18-37-28(25)27)39-29(32)20-8-12-22(34-2)13-9-20/h3,8-15,24-25,27-28H,1,4-7,16-19H2,2H3/t24-,25+,27-,28-/m1/s1. The summed E-state index contributed by atoms with van der Waals surface area (Å²) in [5.41, 5.74) is 0.770. The quantitative estimate of drug-likeness (QED) is 0.147. The molecule has 2 saturated heterocycles. The van der Waals surface area contributed by atoms with Crippen molar-refractivity contribution < 1.29 is 47.5 Å². The largest absolute Gasteiger partial charge is 0.497 e. The molecule has 10 heteroatoms. The van der Waals surface area contributed by atoms with Crippen LogP contribution in [0.15, 0.2) is 61.2 Å². The van der Waals surface area contributed by atoms with Crippen molar-refractivity contribution in [3.05, 3.63) is 72.3 Å². The molecule has 2 heterocycles. The molecule has 40 heavy (non-hydrogen) atoms. The van der Waals surface area contributed by atoms with Crippen molar-refractivity contribution in [2.24, 2.45) is 0 Å². The number of methoxy groups -OCH3 is 1. The Labute approximate surface area is 233 Å². The number of carbonyl (C=O) groups is 3. The van der Waals surface area contributed by atoms with Gasteiger partial charge in [0.05, 0.1) is 44.7 Å². The summed E-state index contributed by atoms with van der Waals surface area (Å²) in [6.45, 7) is 4.59. The summed E-state index contributed by atoms with van der Waals surface area (Å²) < 4.78 is 38.6. The predicted molar refractivity (Wildman–Crippen MR) is 142 cm³/mol. The smallest absolute Gasteiger partial charge is 0.338 e. The molecule has 2 aromatic rings. The third kappa shape index (κ3) is 7.83. The van der Waals surface area contributed by atoms with Crippen LogP contribution >= 0.6 is 0 Å². The average molecular weight is 555 g/mol. The van der Waals surface area contributed by atoms with E-state index in [0.29, 0.717) is 35.8 Å². The number of fused-ring (bicyclic) bond motifs is 1. The van der Waals surface area contributed by atoms with Crippen LogP contribution in [-0.4, -0.2) is 75.9 Å². The molecule has 0 spiro atoms. The van der Waals surface area contributed by atoms with E-state index in [4.69, 9.17) is 33.2 Å². The Bertz CT molecular complexity index is 1140. The third-order valence-corrected chi connectivity index (χ3v) is 6.61. The maximum atomic E-state index is 12.7. The fraction of sp³-hybridized carbons (Fsp3) is 0.433. The number of ether oxygens (including phenoxy) is 7. The highest BCUT2D eigenvalue weighted by molar-refractivity contribution is 5.90. The lowest BCUT2D eigenvalue weighted by atomic mass is 10.1. The normalized spacial score (nSPS) is 21.2. The number of hydrogen-bond acceptors (Lipinski definition) is 10. The van der Waals surface area contributed by atoms with Gasteiger partial charge in [0.1, 0.15) is 23.7 Å². The van der Waals surface area contributed by atoms with E-state index in [0.717, 1.165) is 31.8 Å². The van der Waals surface area contributed by atoms with E-state index in [1.807, 2.05) is 0 Å². The van der Waals surface area contributed by atoms with Gasteiger partial charge in [-0.05, 0) is 74.2 Å². The van der Waals surface area contributed by atoms with Crippen molar-refractivity contribution in [1.82, 2.24) is 0 Å². The van der Waals surface area contributed by atoms with Crippen molar-refractivity contribution in [2.45, 2.75) is 50.1 Å². The first-order valence-corrected chi connectivity index (χ1v) is 13.3. The lowest BCUT2D eigenvalue weighted by molar-refractivity contribution is -0.137. The van der Waals surface area contributed by atoms with E-state index >= 15 is 0 Å². The summed E-state index contributed by atoms with van der Waals surface area (Å²) in [7, 11) is 1.55. The molecular weight excluding hydrogens is 520 g/mol. The number of carbonyl (C=O) groups excluding carboxylic acids is 3. The topological polar surface area (TPSA) is 116 Å². The van der Waals surface area contributed by atoms with Crippen LogP contribution in [0, 0.1) is 0 Å². The van der Waals surface area contributed by atoms with Crippen LogP contribution in [0.5, 0.6) is 11.5 Å². The van der Waals surface area contributed by atoms with Crippen LogP contribution in [0.3, 0.4) is 0 Å². The Balaban J connectivity index is 1.16. The predicted octanol–water partition coefficient (Wildman–Crippen LogP) is 3.91. The summed E-state index contributed by atoms with van der Waals surface area (Å²) in [5.74, 6) is -0.0990. The SMILES string of the molecule is C=CC(=O)OCCCCCCOc1ccc(C(=O)O[C@H]2CO[C@H]3[C@@H]2OC[C@H]3OC(=O)c2ccc(OC)cc2)cc1. The molecule has 4 rings (SSSR count). The fourth-order valence-electron chi connectivity index (χ4n) is 4.44. The van der Waals surface area contributed by atoms with E-state index in [-0.39, 0.29) is 13.2 Å². The molecule has 2 aromatic carbocycles. The van der Waals surface area contributed by atoms with Crippen LogP contribution < -0.4 is 9.47 Å². The van der Waals surface area contributed by atoms with Gasteiger partial charge in [0, 0.05) is 6.08 Å². The summed E-state index contributed by atoms with van der Waals surface area (Å²) in [6.07, 6.45) is 2.44. The second kappa shape index (κ2) is 14.5. The highest BCUT2D eigenvalue weighted by Gasteiger charge is 2.51. The highest BCUT2D eigenvalue weighted by Crippen LogP contribution is 2.31. The van der Waals surface area contributed by atoms with Gasteiger partial charge in [-0.2, -0.15) is 0 Å². The summed E-state index contributed by atoms with van der Waals surface area (Å²) in [5, 5.41) is 0. The van der Waals surface area contributed by atoms with Gasteiger partial charge in [-0.15, -0.1) is 0 Å². The molecule has 2 aliphatic heterocycles. The number of esters is 3. The molecule has 0 unspecified atom stereocenters. The molecule has 0 N–H and O–H groups in total. The molecule has 0 amide bonds. The third-order valence-electron chi connectivity index (χ3n) is 6.61. The van der Waals surface area contributed by atoms with Crippen LogP contribution in [0.2, 0.25) is 0 Å². The average Bonchev–Trinajstić information content (AvgIpc) is 3.57. The van der Waals surface area contributed by atoms with Gasteiger partial charge in [0.2, 0.25) is 0 Å². The lowest BCUT2D eigenvalue weighted by Gasteiger charge is -2.17. The second-order valence-corrected chi connectivity index (χ2v) is 9.37. The zero-order valence-electron chi connectivity index (χ0n) is 22.5. The Morgan fingerprint density at radius 3 is 1.77 bits per heavy atom. The number of rotatable bonds is 14. The van der Waals surface area contributed by atoms with Crippen molar-refractivity contribution in [3.63, 3.8) is 0 Å². The first-order valence-electron chi connectivity index (χ1n) is 13.3. The zero-order valence-corrected chi connectivity index (χ0v) is 22.5. The minimum absolute atomic E-state index is 0.148. The van der Waals surface area contributed by atoms with E-state index in [9.17, 15) is 14.4 Å². The molecule has 10 nitrogen and oxygen atoms in total. The molecule has 4 atom stereocenters. The molecule has 0 aliphatic carbocycles. The van der Waals surface area contributed by atoms with Crippen LogP contribution in [0.25, 0.3) is 0 Å². The minimum Gasteiger partial charge on any atom is -0.497 e. The van der Waals surface area contributed by atoms with Gasteiger partial charge >= 0.3 is 17.9 Å². The highest BCUT2D eigenvalue weighted by atomic mass is 16.7. The summed E-state index contributed by atoms with van der Waals surface area (Å²) in [4.78, 5) is 36.3. The van der Waals surface area contributed by atoms with E-state index < -0.39 is 42.3 Å². The van der Waals surface area contributed by atoms with Crippen molar-refractivity contribution in [1.29, 1.82) is 0 Å². The zero-order chi connectivity index (χ0) is 28.3. The van der Waals surface area contributed by atoms with E-state index in [1.54, 1.807) is 55.6 Å². The Kier molecular flexibility index (Phi) is 10.5. The second-order valence-electron chi connectivity index (χ2n) is 9.37. The monoisotopic (exact) mass is 554 g/mol. The van der Waals surface area contributed by atoms with Crippen LogP contribution in [0.1, 0.15) is 46.4 Å². The molecule has 0 aromatic heterocycles. The van der Waals surface area contributed by atoms with Crippen LogP contribution in [-0.2, 0) is 28.5 Å². The molecule has 2 aliphatic rings. The maximum Gasteiger partial charge on any atom is 0.338 e. The van der Waals surface area contributed by atoms with E-state index in [1.165, 1.54) is 0 Å². The van der Waals surface area contributed by atoms with Gasteiger partial charge < -0.3 is 33.2 Å². The van der Waals surface area contributed by atoms with Gasteiger partial charge in [0.25, 0.3) is 0 Å². The Morgan fingerprint density at radius 1 is 0.775 bits per heavy atom. The number of benzene rings is 2. The summed E-state index contributed by atoms with van der Waals surface area (Å²) >= 11 is 0. The Morgan fingerprint density at radius 2 is 1.27 bits per heavy atom. The van der Waals surface area contributed by atoms with Crippen molar-refractivity contribution >= 4 is 17.9 Å². The first-order chi connectivity index (χ1) is 19.5. The molecule has 0 saturated carbocycles. The summed E-state index contributed by atoms with van der Waals surface area (Å²) in [6, 6.07) is 13.4. The molecule has 0 bridgehead atoms. The van der Waals surface area contributed by atoms with Crippen molar-refractivity contribution in [3.8, 4) is 11.5 Å². The van der Waals surface area contributed by atoms with E-state index in [2.05, 4.69) is 6.58 Å². The van der Waals surface area contributed by atoms with Gasteiger partial charge in [0.15, 0.2) is 12.2 Å². The Hall–Kier alpha value is -3.89. The fourth-order valence-corrected chi connectivity index (χ4v) is 4.44.